The SMILES string of the molecule is COC(=O)c1ccccc1N.COc1cc(OC)cc(C(=O)c2c(C=O)ccc(Cl)c2C(F)(F)F)c1.[Cl-]. The second kappa shape index (κ2) is 13.5. The lowest BCUT2D eigenvalue weighted by molar-refractivity contribution is -0.137. The molecule has 0 fully saturated rings. The number of hydrogen-bond donors (Lipinski definition) is 1. The van der Waals surface area contributed by atoms with E-state index >= 15 is 0 Å². The first-order valence-corrected chi connectivity index (χ1v) is 10.4. The summed E-state index contributed by atoms with van der Waals surface area (Å²) in [5, 5.41) is -0.670. The Kier molecular flexibility index (Phi) is 11.4. The smallest absolute Gasteiger partial charge is 0.418 e. The van der Waals surface area contributed by atoms with Crippen LogP contribution in [0, 0.1) is 0 Å². The number of carbonyl (C=O) groups is 3. The molecule has 3 aromatic rings. The molecule has 0 saturated carbocycles. The molecular weight excluding hydrogens is 538 g/mol. The van der Waals surface area contributed by atoms with Gasteiger partial charge in [-0.05, 0) is 36.4 Å². The van der Waals surface area contributed by atoms with Gasteiger partial charge in [0.05, 0.1) is 37.5 Å². The van der Waals surface area contributed by atoms with Crippen molar-refractivity contribution in [3.63, 3.8) is 0 Å². The van der Waals surface area contributed by atoms with E-state index in [1.165, 1.54) is 39.5 Å². The summed E-state index contributed by atoms with van der Waals surface area (Å²) in [6, 6.07) is 12.7. The summed E-state index contributed by atoms with van der Waals surface area (Å²) in [6.45, 7) is 0. The number of nitrogens with two attached hydrogens (primary N) is 1. The second-order valence-electron chi connectivity index (χ2n) is 7.01. The number of carbonyl (C=O) groups excluding carboxylic acids is 3. The zero-order valence-corrected chi connectivity index (χ0v) is 21.2. The number of para-hydroxylation sites is 1. The number of ether oxygens (including phenoxy) is 3. The van der Waals surface area contributed by atoms with Crippen molar-refractivity contribution in [2.24, 2.45) is 0 Å². The first-order valence-electron chi connectivity index (χ1n) is 10.0. The molecule has 0 aliphatic heterocycles. The molecule has 37 heavy (non-hydrogen) atoms. The highest BCUT2D eigenvalue weighted by Crippen LogP contribution is 2.39. The van der Waals surface area contributed by atoms with Gasteiger partial charge in [0, 0.05) is 28.4 Å². The molecule has 198 valence electrons. The Morgan fingerprint density at radius 2 is 1.51 bits per heavy atom. The topological polar surface area (TPSA) is 105 Å². The van der Waals surface area contributed by atoms with E-state index in [4.69, 9.17) is 26.8 Å². The number of ketones is 1. The molecule has 12 heteroatoms. The molecule has 0 unspecified atom stereocenters. The fraction of sp³-hybridized carbons (Fsp3) is 0.160. The van der Waals surface area contributed by atoms with Crippen molar-refractivity contribution < 1.29 is 54.2 Å². The largest absolute Gasteiger partial charge is 1.00 e. The quantitative estimate of drug-likeness (QED) is 0.214. The number of esters is 1. The Bertz CT molecular complexity index is 1260. The molecule has 3 aromatic carbocycles. The molecule has 0 amide bonds. The number of methoxy groups -OCH3 is 3. The molecule has 0 aliphatic carbocycles. The van der Waals surface area contributed by atoms with Crippen LogP contribution in [0.4, 0.5) is 18.9 Å². The number of aldehydes is 1. The van der Waals surface area contributed by atoms with Crippen LogP contribution in [-0.4, -0.2) is 39.4 Å². The van der Waals surface area contributed by atoms with Gasteiger partial charge in [0.2, 0.25) is 0 Å². The van der Waals surface area contributed by atoms with Crippen molar-refractivity contribution in [3.05, 3.63) is 87.4 Å². The third kappa shape index (κ3) is 7.61. The van der Waals surface area contributed by atoms with Crippen molar-refractivity contribution in [1.29, 1.82) is 0 Å². The molecule has 2 N–H and O–H groups in total. The van der Waals surface area contributed by atoms with Gasteiger partial charge in [-0.2, -0.15) is 13.2 Å². The predicted molar refractivity (Wildman–Crippen MR) is 127 cm³/mol. The maximum Gasteiger partial charge on any atom is 0.418 e. The van der Waals surface area contributed by atoms with Gasteiger partial charge in [-0.25, -0.2) is 4.79 Å². The normalized spacial score (nSPS) is 10.2. The third-order valence-corrected chi connectivity index (χ3v) is 5.12. The number of alkyl halides is 3. The van der Waals surface area contributed by atoms with Crippen molar-refractivity contribution in [1.82, 2.24) is 0 Å². The molecule has 3 rings (SSSR count). The number of hydrogen-bond acceptors (Lipinski definition) is 7. The molecule has 0 aliphatic rings. The lowest BCUT2D eigenvalue weighted by Crippen LogP contribution is -3.00. The molecule has 7 nitrogen and oxygen atoms in total. The van der Waals surface area contributed by atoms with Gasteiger partial charge in [0.25, 0.3) is 0 Å². The van der Waals surface area contributed by atoms with E-state index in [1.807, 2.05) is 0 Å². The summed E-state index contributed by atoms with van der Waals surface area (Å²) in [4.78, 5) is 34.9. The summed E-state index contributed by atoms with van der Waals surface area (Å²) in [5.41, 5.74) is 3.64. The van der Waals surface area contributed by atoms with Crippen LogP contribution in [0.2, 0.25) is 5.02 Å². The van der Waals surface area contributed by atoms with Crippen LogP contribution in [-0.2, 0) is 10.9 Å². The molecular formula is C25H21Cl2F3NO6-. The molecule has 0 heterocycles. The summed E-state index contributed by atoms with van der Waals surface area (Å²) >= 11 is 5.65. The standard InChI is InChI=1S/C17H12ClF3O4.C8H9NO2.ClH/c1-24-11-5-10(6-12(7-11)25-2)16(23)14-9(8-22)3-4-13(18)15(14)17(19,20)21;1-11-8(10)6-4-2-3-5-7(6)9;/h3-8H,1-2H3;2-5H,9H2,1H3;1H/p-1. The summed E-state index contributed by atoms with van der Waals surface area (Å²) in [6.07, 6.45) is -4.74. The number of nitrogen functional groups attached to an aromatic ring is 1. The first kappa shape index (κ1) is 31.3. The highest BCUT2D eigenvalue weighted by atomic mass is 35.5. The number of benzene rings is 3. The molecule has 0 radical (unpaired) electrons. The Labute approximate surface area is 221 Å². The van der Waals surface area contributed by atoms with E-state index in [9.17, 15) is 27.6 Å². The second-order valence-corrected chi connectivity index (χ2v) is 7.42. The molecule has 0 saturated heterocycles. The third-order valence-electron chi connectivity index (χ3n) is 4.80. The maximum absolute atomic E-state index is 13.4. The van der Waals surface area contributed by atoms with Gasteiger partial charge in [0.1, 0.15) is 11.5 Å². The van der Waals surface area contributed by atoms with E-state index in [2.05, 4.69) is 4.74 Å². The van der Waals surface area contributed by atoms with Crippen LogP contribution in [0.1, 0.15) is 42.2 Å². The van der Waals surface area contributed by atoms with Crippen LogP contribution in [0.15, 0.2) is 54.6 Å². The van der Waals surface area contributed by atoms with Gasteiger partial charge >= 0.3 is 12.1 Å². The van der Waals surface area contributed by atoms with Gasteiger partial charge in [-0.3, -0.25) is 9.59 Å². The fourth-order valence-corrected chi connectivity index (χ4v) is 3.35. The Morgan fingerprint density at radius 1 is 0.946 bits per heavy atom. The van der Waals surface area contributed by atoms with Gasteiger partial charge in [0.15, 0.2) is 12.1 Å². The average Bonchev–Trinajstić information content (AvgIpc) is 2.87. The number of anilines is 1. The molecule has 0 bridgehead atoms. The minimum absolute atomic E-state index is 0. The van der Waals surface area contributed by atoms with Crippen molar-refractivity contribution in [2.75, 3.05) is 27.1 Å². The highest BCUT2D eigenvalue weighted by molar-refractivity contribution is 6.32. The van der Waals surface area contributed by atoms with Crippen LogP contribution >= 0.6 is 11.6 Å². The van der Waals surface area contributed by atoms with Crippen molar-refractivity contribution in [3.8, 4) is 11.5 Å². The minimum Gasteiger partial charge on any atom is -1.00 e. The predicted octanol–water partition coefficient (Wildman–Crippen LogP) is 2.48. The highest BCUT2D eigenvalue weighted by Gasteiger charge is 2.39. The Balaban J connectivity index is 0.000000479. The van der Waals surface area contributed by atoms with Crippen LogP contribution < -0.4 is 27.6 Å². The number of halogens is 5. The average molecular weight is 559 g/mol. The molecule has 0 atom stereocenters. The summed E-state index contributed by atoms with van der Waals surface area (Å²) < 4.78 is 54.7. The van der Waals surface area contributed by atoms with E-state index in [1.54, 1.807) is 24.3 Å². The monoisotopic (exact) mass is 558 g/mol. The zero-order chi connectivity index (χ0) is 27.0. The van der Waals surface area contributed by atoms with Crippen LogP contribution in [0.5, 0.6) is 11.5 Å². The van der Waals surface area contributed by atoms with Gasteiger partial charge in [-0.15, -0.1) is 0 Å². The van der Waals surface area contributed by atoms with Crippen molar-refractivity contribution in [2.45, 2.75) is 6.18 Å². The van der Waals surface area contributed by atoms with Crippen LogP contribution in [0.25, 0.3) is 0 Å². The maximum atomic E-state index is 13.4. The Hall–Kier alpha value is -3.76. The van der Waals surface area contributed by atoms with Gasteiger partial charge < -0.3 is 32.4 Å². The minimum atomic E-state index is -4.91. The van der Waals surface area contributed by atoms with Gasteiger partial charge in [-0.1, -0.05) is 23.7 Å². The van der Waals surface area contributed by atoms with Crippen LogP contribution in [0.3, 0.4) is 0 Å². The summed E-state index contributed by atoms with van der Waals surface area (Å²) in [5.74, 6) is -0.992. The van der Waals surface area contributed by atoms with Crippen molar-refractivity contribution >= 4 is 35.3 Å². The van der Waals surface area contributed by atoms with E-state index in [0.29, 0.717) is 11.3 Å². The summed E-state index contributed by atoms with van der Waals surface area (Å²) in [7, 11) is 4.00. The molecule has 0 spiro atoms. The van der Waals surface area contributed by atoms with E-state index < -0.39 is 39.6 Å². The Morgan fingerprint density at radius 3 is 1.97 bits per heavy atom. The number of rotatable bonds is 6. The van der Waals surface area contributed by atoms with E-state index in [-0.39, 0.29) is 35.8 Å². The lowest BCUT2D eigenvalue weighted by Gasteiger charge is -2.16. The fourth-order valence-electron chi connectivity index (χ4n) is 3.09. The zero-order valence-electron chi connectivity index (χ0n) is 19.7. The van der Waals surface area contributed by atoms with E-state index in [0.717, 1.165) is 12.1 Å². The first-order chi connectivity index (χ1) is 17.0. The molecule has 0 aromatic heterocycles. The lowest BCUT2D eigenvalue weighted by atomic mass is 9.93.